The maximum Gasteiger partial charge on any atom is 0.352 e. The van der Waals surface area contributed by atoms with E-state index >= 15 is 0 Å². The molecular formula is C15H9Cl2NO2. The molecular weight excluding hydrogens is 297 g/mol. The third-order valence-electron chi connectivity index (χ3n) is 3.11. The first-order valence-electron chi connectivity index (χ1n) is 5.87. The summed E-state index contributed by atoms with van der Waals surface area (Å²) in [4.78, 5) is 14.3. The number of carboxylic acids is 1. The Morgan fingerprint density at radius 1 is 1.00 bits per heavy atom. The SMILES string of the molecule is O=C(O)c1[nH]c2ccc(Cl)cc2c1-c1ccc(Cl)cc1. The molecule has 0 fully saturated rings. The average molecular weight is 306 g/mol. The summed E-state index contributed by atoms with van der Waals surface area (Å²) in [6, 6.07) is 12.3. The molecule has 20 heavy (non-hydrogen) atoms. The summed E-state index contributed by atoms with van der Waals surface area (Å²) in [5, 5.41) is 11.3. The maximum absolute atomic E-state index is 11.4. The zero-order valence-electron chi connectivity index (χ0n) is 10.2. The Balaban J connectivity index is 2.36. The van der Waals surface area contributed by atoms with E-state index in [0.717, 1.165) is 16.5 Å². The van der Waals surface area contributed by atoms with Crippen molar-refractivity contribution in [2.75, 3.05) is 0 Å². The Morgan fingerprint density at radius 2 is 1.65 bits per heavy atom. The normalized spacial score (nSPS) is 10.9. The molecule has 0 spiro atoms. The summed E-state index contributed by atoms with van der Waals surface area (Å²) in [7, 11) is 0. The van der Waals surface area contributed by atoms with Gasteiger partial charge in [-0.2, -0.15) is 0 Å². The molecule has 1 aromatic heterocycles. The van der Waals surface area contributed by atoms with Crippen molar-refractivity contribution in [2.24, 2.45) is 0 Å². The molecule has 2 aromatic carbocycles. The number of benzene rings is 2. The van der Waals surface area contributed by atoms with Crippen LogP contribution in [0, 0.1) is 0 Å². The fourth-order valence-corrected chi connectivity index (χ4v) is 2.54. The van der Waals surface area contributed by atoms with E-state index in [4.69, 9.17) is 23.2 Å². The largest absolute Gasteiger partial charge is 0.477 e. The molecule has 0 saturated heterocycles. The number of fused-ring (bicyclic) bond motifs is 1. The van der Waals surface area contributed by atoms with Gasteiger partial charge >= 0.3 is 5.97 Å². The summed E-state index contributed by atoms with van der Waals surface area (Å²) in [5.41, 5.74) is 2.27. The van der Waals surface area contributed by atoms with Crippen molar-refractivity contribution in [3.63, 3.8) is 0 Å². The van der Waals surface area contributed by atoms with Crippen LogP contribution in [0.4, 0.5) is 0 Å². The van der Waals surface area contributed by atoms with Crippen LogP contribution in [0.5, 0.6) is 0 Å². The van der Waals surface area contributed by atoms with Gasteiger partial charge in [-0.1, -0.05) is 35.3 Å². The summed E-state index contributed by atoms with van der Waals surface area (Å²) in [6.45, 7) is 0. The zero-order chi connectivity index (χ0) is 14.3. The molecule has 100 valence electrons. The predicted molar refractivity (Wildman–Crippen MR) is 80.7 cm³/mol. The lowest BCUT2D eigenvalue weighted by Crippen LogP contribution is -1.98. The van der Waals surface area contributed by atoms with Crippen molar-refractivity contribution in [3.8, 4) is 11.1 Å². The third kappa shape index (κ3) is 2.15. The van der Waals surface area contributed by atoms with Crippen LogP contribution < -0.4 is 0 Å². The van der Waals surface area contributed by atoms with Crippen LogP contribution in [0.1, 0.15) is 10.5 Å². The van der Waals surface area contributed by atoms with Gasteiger partial charge in [-0.3, -0.25) is 0 Å². The monoisotopic (exact) mass is 305 g/mol. The topological polar surface area (TPSA) is 53.1 Å². The molecule has 3 nitrogen and oxygen atoms in total. The minimum atomic E-state index is -1.01. The molecule has 1 heterocycles. The molecule has 0 radical (unpaired) electrons. The second-order valence-electron chi connectivity index (χ2n) is 4.38. The molecule has 3 rings (SSSR count). The van der Waals surface area contributed by atoms with Crippen molar-refractivity contribution in [1.29, 1.82) is 0 Å². The number of H-pyrrole nitrogens is 1. The molecule has 0 aliphatic heterocycles. The molecule has 5 heteroatoms. The lowest BCUT2D eigenvalue weighted by atomic mass is 10.0. The Kier molecular flexibility index (Phi) is 3.16. The van der Waals surface area contributed by atoms with Crippen molar-refractivity contribution in [3.05, 3.63) is 58.2 Å². The van der Waals surface area contributed by atoms with E-state index in [1.807, 2.05) is 0 Å². The molecule has 0 atom stereocenters. The van der Waals surface area contributed by atoms with E-state index < -0.39 is 5.97 Å². The minimum Gasteiger partial charge on any atom is -0.477 e. The van der Waals surface area contributed by atoms with Gasteiger partial charge in [0.05, 0.1) is 0 Å². The van der Waals surface area contributed by atoms with Gasteiger partial charge in [-0.15, -0.1) is 0 Å². The van der Waals surface area contributed by atoms with Gasteiger partial charge in [-0.25, -0.2) is 4.79 Å². The molecule has 3 aromatic rings. The van der Waals surface area contributed by atoms with Gasteiger partial charge in [0, 0.05) is 26.5 Å². The van der Waals surface area contributed by atoms with E-state index in [1.165, 1.54) is 0 Å². The third-order valence-corrected chi connectivity index (χ3v) is 3.59. The number of rotatable bonds is 2. The Hall–Kier alpha value is -1.97. The van der Waals surface area contributed by atoms with Crippen LogP contribution >= 0.6 is 23.2 Å². The minimum absolute atomic E-state index is 0.143. The van der Waals surface area contributed by atoms with Crippen LogP contribution in [-0.2, 0) is 0 Å². The Morgan fingerprint density at radius 3 is 2.30 bits per heavy atom. The number of aromatic nitrogens is 1. The van der Waals surface area contributed by atoms with Crippen LogP contribution in [0.15, 0.2) is 42.5 Å². The predicted octanol–water partition coefficient (Wildman–Crippen LogP) is 4.84. The fraction of sp³-hybridized carbons (Fsp3) is 0. The number of halogens is 2. The summed E-state index contributed by atoms with van der Waals surface area (Å²) >= 11 is 11.9. The molecule has 2 N–H and O–H groups in total. The summed E-state index contributed by atoms with van der Waals surface area (Å²) in [5.74, 6) is -1.01. The number of aromatic amines is 1. The van der Waals surface area contributed by atoms with Crippen LogP contribution in [-0.4, -0.2) is 16.1 Å². The zero-order valence-corrected chi connectivity index (χ0v) is 11.7. The van der Waals surface area contributed by atoms with Crippen LogP contribution in [0.25, 0.3) is 22.0 Å². The number of hydrogen-bond acceptors (Lipinski definition) is 1. The first-order valence-corrected chi connectivity index (χ1v) is 6.62. The number of hydrogen-bond donors (Lipinski definition) is 2. The molecule has 0 saturated carbocycles. The molecule has 0 aliphatic rings. The van der Waals surface area contributed by atoms with Crippen molar-refractivity contribution >= 4 is 40.1 Å². The molecule has 0 bridgehead atoms. The molecule has 0 amide bonds. The van der Waals surface area contributed by atoms with Crippen LogP contribution in [0.3, 0.4) is 0 Å². The first-order chi connectivity index (χ1) is 9.56. The smallest absolute Gasteiger partial charge is 0.352 e. The quantitative estimate of drug-likeness (QED) is 0.711. The first kappa shape index (κ1) is 13.0. The summed E-state index contributed by atoms with van der Waals surface area (Å²) < 4.78 is 0. The lowest BCUT2D eigenvalue weighted by molar-refractivity contribution is 0.0692. The standard InChI is InChI=1S/C15H9Cl2NO2/c16-9-3-1-8(2-4-9)13-11-7-10(17)5-6-12(11)18-14(13)15(19)20/h1-7,18H,(H,19,20). The van der Waals surface area contributed by atoms with Gasteiger partial charge in [0.15, 0.2) is 0 Å². The van der Waals surface area contributed by atoms with Gasteiger partial charge in [0.1, 0.15) is 5.69 Å². The fourth-order valence-electron chi connectivity index (χ4n) is 2.24. The maximum atomic E-state index is 11.4. The van der Waals surface area contributed by atoms with Gasteiger partial charge in [-0.05, 0) is 35.9 Å². The van der Waals surface area contributed by atoms with E-state index in [0.29, 0.717) is 15.6 Å². The van der Waals surface area contributed by atoms with Crippen molar-refractivity contribution in [2.45, 2.75) is 0 Å². The number of aromatic carboxylic acids is 1. The van der Waals surface area contributed by atoms with Gasteiger partial charge in [0.2, 0.25) is 0 Å². The highest BCUT2D eigenvalue weighted by atomic mass is 35.5. The number of nitrogens with one attached hydrogen (secondary N) is 1. The van der Waals surface area contributed by atoms with E-state index in [2.05, 4.69) is 4.98 Å². The second-order valence-corrected chi connectivity index (χ2v) is 5.25. The second kappa shape index (κ2) is 4.85. The average Bonchev–Trinajstić information content (AvgIpc) is 2.78. The highest BCUT2D eigenvalue weighted by molar-refractivity contribution is 6.32. The summed E-state index contributed by atoms with van der Waals surface area (Å²) in [6.07, 6.45) is 0. The number of carboxylic acid groups (broad SMARTS) is 1. The van der Waals surface area contributed by atoms with Crippen LogP contribution in [0.2, 0.25) is 10.0 Å². The number of carbonyl (C=O) groups is 1. The highest BCUT2D eigenvalue weighted by Crippen LogP contribution is 2.34. The lowest BCUT2D eigenvalue weighted by Gasteiger charge is -2.02. The van der Waals surface area contributed by atoms with Crippen molar-refractivity contribution in [1.82, 2.24) is 4.98 Å². The molecule has 0 aliphatic carbocycles. The molecule has 0 unspecified atom stereocenters. The van der Waals surface area contributed by atoms with E-state index in [-0.39, 0.29) is 5.69 Å². The van der Waals surface area contributed by atoms with E-state index in [9.17, 15) is 9.90 Å². The van der Waals surface area contributed by atoms with E-state index in [1.54, 1.807) is 42.5 Å². The van der Waals surface area contributed by atoms with Crippen molar-refractivity contribution < 1.29 is 9.90 Å². The highest BCUT2D eigenvalue weighted by Gasteiger charge is 2.18. The van der Waals surface area contributed by atoms with Gasteiger partial charge in [0.25, 0.3) is 0 Å². The Labute approximate surface area is 124 Å². The Bertz CT molecular complexity index is 807. The van der Waals surface area contributed by atoms with Gasteiger partial charge < -0.3 is 10.1 Å².